The predicted octanol–water partition coefficient (Wildman–Crippen LogP) is 2.01. The van der Waals surface area contributed by atoms with Crippen molar-refractivity contribution in [3.8, 4) is 0 Å². The first-order valence-corrected chi connectivity index (χ1v) is 9.03. The van der Waals surface area contributed by atoms with Crippen LogP contribution >= 0.6 is 0 Å². The normalized spacial score (nSPS) is 26.8. The van der Waals surface area contributed by atoms with Gasteiger partial charge < -0.3 is 25.2 Å². The zero-order valence-electron chi connectivity index (χ0n) is 14.5. The van der Waals surface area contributed by atoms with Gasteiger partial charge in [-0.15, -0.1) is 0 Å². The zero-order valence-corrected chi connectivity index (χ0v) is 14.5. The van der Waals surface area contributed by atoms with Crippen LogP contribution in [0.3, 0.4) is 0 Å². The maximum absolute atomic E-state index is 10.4. The molecule has 0 aromatic carbocycles. The van der Waals surface area contributed by atoms with Gasteiger partial charge in [0.1, 0.15) is 0 Å². The lowest BCUT2D eigenvalue weighted by Gasteiger charge is -2.16. The van der Waals surface area contributed by atoms with Crippen LogP contribution in [0.1, 0.15) is 64.7 Å². The lowest BCUT2D eigenvalue weighted by Crippen LogP contribution is -2.24. The molecule has 1 aliphatic heterocycles. The van der Waals surface area contributed by atoms with Crippen molar-refractivity contribution in [1.82, 2.24) is 0 Å². The molecule has 1 fully saturated rings. The van der Waals surface area contributed by atoms with Crippen molar-refractivity contribution in [2.75, 3.05) is 0 Å². The van der Waals surface area contributed by atoms with E-state index in [0.29, 0.717) is 25.7 Å². The third-order valence-corrected chi connectivity index (χ3v) is 4.46. The Balaban J connectivity index is 2.12. The van der Waals surface area contributed by atoms with E-state index < -0.39 is 30.4 Å². The highest BCUT2D eigenvalue weighted by molar-refractivity contribution is 5.66. The van der Waals surface area contributed by atoms with Gasteiger partial charge in [0.05, 0.1) is 30.5 Å². The van der Waals surface area contributed by atoms with Crippen LogP contribution in [0.4, 0.5) is 0 Å². The van der Waals surface area contributed by atoms with Crippen molar-refractivity contribution >= 4 is 5.97 Å². The summed E-state index contributed by atoms with van der Waals surface area (Å²) in [5.41, 5.74) is 0. The van der Waals surface area contributed by atoms with Crippen molar-refractivity contribution in [2.24, 2.45) is 0 Å². The first kappa shape index (κ1) is 21.1. The molecule has 0 bridgehead atoms. The van der Waals surface area contributed by atoms with Gasteiger partial charge in [-0.25, -0.2) is 0 Å². The summed E-state index contributed by atoms with van der Waals surface area (Å²) in [6, 6.07) is 0. The van der Waals surface area contributed by atoms with Gasteiger partial charge in [0.25, 0.3) is 0 Å². The Kier molecular flexibility index (Phi) is 10.2. The Morgan fingerprint density at radius 2 is 1.83 bits per heavy atom. The number of carbonyl (C=O) groups is 1. The molecule has 0 amide bonds. The number of carboxylic acids is 1. The minimum atomic E-state index is -0.818. The fourth-order valence-corrected chi connectivity index (χ4v) is 2.97. The van der Waals surface area contributed by atoms with Crippen molar-refractivity contribution < 1.29 is 30.0 Å². The Hall–Kier alpha value is -0.950. The first-order chi connectivity index (χ1) is 11.4. The molecule has 5 atom stereocenters. The largest absolute Gasteiger partial charge is 0.481 e. The monoisotopic (exact) mass is 344 g/mol. The fourth-order valence-electron chi connectivity index (χ4n) is 2.97. The van der Waals surface area contributed by atoms with E-state index >= 15 is 0 Å². The van der Waals surface area contributed by atoms with Crippen LogP contribution in [0.5, 0.6) is 0 Å². The lowest BCUT2D eigenvalue weighted by atomic mass is 10.0. The summed E-state index contributed by atoms with van der Waals surface area (Å²) < 4.78 is 5.60. The highest BCUT2D eigenvalue weighted by Gasteiger charge is 2.35. The molecule has 0 unspecified atom stereocenters. The second-order valence-electron chi connectivity index (χ2n) is 6.57. The van der Waals surface area contributed by atoms with Gasteiger partial charge >= 0.3 is 5.97 Å². The predicted molar refractivity (Wildman–Crippen MR) is 90.7 cm³/mol. The van der Waals surface area contributed by atoms with Crippen LogP contribution < -0.4 is 0 Å². The summed E-state index contributed by atoms with van der Waals surface area (Å²) in [7, 11) is 0. The second-order valence-corrected chi connectivity index (χ2v) is 6.57. The quantitative estimate of drug-likeness (QED) is 0.319. The van der Waals surface area contributed by atoms with E-state index in [1.54, 1.807) is 12.2 Å². The second kappa shape index (κ2) is 11.6. The van der Waals surface area contributed by atoms with Crippen molar-refractivity contribution in [1.29, 1.82) is 0 Å². The smallest absolute Gasteiger partial charge is 0.303 e. The molecule has 6 heteroatoms. The third-order valence-electron chi connectivity index (χ3n) is 4.46. The minimum Gasteiger partial charge on any atom is -0.481 e. The van der Waals surface area contributed by atoms with Gasteiger partial charge in [-0.1, -0.05) is 44.8 Å². The molecule has 0 aromatic rings. The van der Waals surface area contributed by atoms with E-state index in [1.807, 2.05) is 6.92 Å². The average Bonchev–Trinajstić information content (AvgIpc) is 2.92. The van der Waals surface area contributed by atoms with Gasteiger partial charge in [0, 0.05) is 12.8 Å². The molecular weight excluding hydrogens is 312 g/mol. The zero-order chi connectivity index (χ0) is 17.9. The molecular formula is C18H32O6. The van der Waals surface area contributed by atoms with E-state index in [1.165, 1.54) is 0 Å². The highest BCUT2D eigenvalue weighted by Crippen LogP contribution is 2.25. The van der Waals surface area contributed by atoms with Crippen molar-refractivity contribution in [2.45, 2.75) is 95.2 Å². The molecule has 1 rings (SSSR count). The van der Waals surface area contributed by atoms with Crippen LogP contribution in [0.2, 0.25) is 0 Å². The first-order valence-electron chi connectivity index (χ1n) is 9.03. The fraction of sp³-hybridized carbons (Fsp3) is 0.833. The molecule has 1 heterocycles. The molecule has 4 N–H and O–H groups in total. The SMILES string of the molecule is CC[C@H]1O[C@@H]([C@H](O)/C=C/[C@@H](O)CCCCCCCC(=O)O)C[C@@H]1O. The van der Waals surface area contributed by atoms with E-state index in [4.69, 9.17) is 9.84 Å². The maximum atomic E-state index is 10.4. The number of carboxylic acid groups (broad SMARTS) is 1. The Labute approximate surface area is 144 Å². The third kappa shape index (κ3) is 8.24. The number of hydrogen-bond donors (Lipinski definition) is 4. The summed E-state index contributed by atoms with van der Waals surface area (Å²) in [4.78, 5) is 10.4. The van der Waals surface area contributed by atoms with Gasteiger partial charge in [0.2, 0.25) is 0 Å². The summed E-state index contributed by atoms with van der Waals surface area (Å²) >= 11 is 0. The molecule has 0 aliphatic carbocycles. The summed E-state index contributed by atoms with van der Waals surface area (Å²) in [5, 5.41) is 38.3. The standard InChI is InChI=1S/C18H32O6/c1-2-16-15(21)12-17(24-16)14(20)11-10-13(19)8-6-4-3-5-7-9-18(22)23/h10-11,13-17,19-21H,2-9,12H2,1H3,(H,22,23)/b11-10+/t13-,14+,15-,16+,17+/m0/s1. The van der Waals surface area contributed by atoms with Gasteiger partial charge in [-0.2, -0.15) is 0 Å². The highest BCUT2D eigenvalue weighted by atomic mass is 16.5. The van der Waals surface area contributed by atoms with Crippen LogP contribution in [0.25, 0.3) is 0 Å². The molecule has 0 spiro atoms. The average molecular weight is 344 g/mol. The van der Waals surface area contributed by atoms with E-state index in [0.717, 1.165) is 25.7 Å². The topological polar surface area (TPSA) is 107 Å². The Morgan fingerprint density at radius 1 is 1.17 bits per heavy atom. The van der Waals surface area contributed by atoms with E-state index in [2.05, 4.69) is 0 Å². The molecule has 0 radical (unpaired) electrons. The van der Waals surface area contributed by atoms with E-state index in [-0.39, 0.29) is 12.5 Å². The minimum absolute atomic E-state index is 0.218. The number of ether oxygens (including phenoxy) is 1. The van der Waals surface area contributed by atoms with Crippen LogP contribution in [-0.2, 0) is 9.53 Å². The van der Waals surface area contributed by atoms with Crippen LogP contribution in [-0.4, -0.2) is 56.9 Å². The molecule has 140 valence electrons. The molecule has 6 nitrogen and oxygen atoms in total. The Morgan fingerprint density at radius 3 is 2.46 bits per heavy atom. The molecule has 24 heavy (non-hydrogen) atoms. The molecule has 0 saturated carbocycles. The van der Waals surface area contributed by atoms with E-state index in [9.17, 15) is 20.1 Å². The number of hydrogen-bond acceptors (Lipinski definition) is 5. The Bertz CT molecular complexity index is 384. The molecule has 1 aliphatic rings. The summed E-state index contributed by atoms with van der Waals surface area (Å²) in [5.74, 6) is -0.752. The number of rotatable bonds is 12. The van der Waals surface area contributed by atoms with Crippen molar-refractivity contribution in [3.05, 3.63) is 12.2 Å². The van der Waals surface area contributed by atoms with Crippen LogP contribution in [0, 0.1) is 0 Å². The number of aliphatic hydroxyl groups is 3. The number of unbranched alkanes of at least 4 members (excludes halogenated alkanes) is 4. The van der Waals surface area contributed by atoms with Gasteiger partial charge in [-0.3, -0.25) is 4.79 Å². The summed E-state index contributed by atoms with van der Waals surface area (Å²) in [6.07, 6.45) is 6.92. The number of aliphatic hydroxyl groups excluding tert-OH is 3. The van der Waals surface area contributed by atoms with Gasteiger partial charge in [0.15, 0.2) is 0 Å². The number of aliphatic carboxylic acids is 1. The lowest BCUT2D eigenvalue weighted by molar-refractivity contribution is -0.137. The van der Waals surface area contributed by atoms with Gasteiger partial charge in [-0.05, 0) is 19.3 Å². The maximum Gasteiger partial charge on any atom is 0.303 e. The van der Waals surface area contributed by atoms with Crippen LogP contribution in [0.15, 0.2) is 12.2 Å². The van der Waals surface area contributed by atoms with Crippen molar-refractivity contribution in [3.63, 3.8) is 0 Å². The molecule has 1 saturated heterocycles. The molecule has 0 aromatic heterocycles. The summed E-state index contributed by atoms with van der Waals surface area (Å²) in [6.45, 7) is 1.93.